The Morgan fingerprint density at radius 2 is 2.05 bits per heavy atom. The van der Waals surface area contributed by atoms with Crippen LogP contribution in [0.15, 0.2) is 42.5 Å². The van der Waals surface area contributed by atoms with Crippen molar-refractivity contribution >= 4 is 0 Å². The van der Waals surface area contributed by atoms with E-state index in [4.69, 9.17) is 10.5 Å². The van der Waals surface area contributed by atoms with Crippen molar-refractivity contribution in [3.63, 3.8) is 0 Å². The molecule has 2 heteroatoms. The molecule has 0 aliphatic carbocycles. The Bertz CT molecular complexity index is 592. The standard InChI is InChI=1S/C17H19NO/c1-2-16(18)14-7-3-6-13(11-14)15-8-4-5-12-9-10-19-17(12)15/h3-8,11,16H,2,9-10,18H2,1H3. The molecule has 2 aromatic carbocycles. The van der Waals surface area contributed by atoms with Crippen LogP contribution in [0.4, 0.5) is 0 Å². The van der Waals surface area contributed by atoms with Gasteiger partial charge in [-0.1, -0.05) is 43.3 Å². The van der Waals surface area contributed by atoms with E-state index in [9.17, 15) is 0 Å². The minimum absolute atomic E-state index is 0.109. The zero-order chi connectivity index (χ0) is 13.2. The van der Waals surface area contributed by atoms with Gasteiger partial charge in [0.1, 0.15) is 5.75 Å². The molecular formula is C17H19NO. The van der Waals surface area contributed by atoms with Gasteiger partial charge in [-0.05, 0) is 29.2 Å². The lowest BCUT2D eigenvalue weighted by atomic mass is 9.97. The third-order valence-electron chi connectivity index (χ3n) is 3.78. The molecule has 2 nitrogen and oxygen atoms in total. The van der Waals surface area contributed by atoms with Crippen LogP contribution in [0.2, 0.25) is 0 Å². The fourth-order valence-electron chi connectivity index (χ4n) is 2.62. The molecule has 1 aliphatic rings. The van der Waals surface area contributed by atoms with Crippen molar-refractivity contribution in [2.24, 2.45) is 5.73 Å². The van der Waals surface area contributed by atoms with Crippen LogP contribution in [0.5, 0.6) is 5.75 Å². The summed E-state index contributed by atoms with van der Waals surface area (Å²) in [7, 11) is 0. The van der Waals surface area contributed by atoms with E-state index in [-0.39, 0.29) is 6.04 Å². The highest BCUT2D eigenvalue weighted by atomic mass is 16.5. The summed E-state index contributed by atoms with van der Waals surface area (Å²) >= 11 is 0. The Kier molecular flexibility index (Phi) is 3.26. The van der Waals surface area contributed by atoms with Gasteiger partial charge in [0, 0.05) is 18.0 Å². The van der Waals surface area contributed by atoms with Gasteiger partial charge < -0.3 is 10.5 Å². The Hall–Kier alpha value is -1.80. The monoisotopic (exact) mass is 253 g/mol. The smallest absolute Gasteiger partial charge is 0.130 e. The van der Waals surface area contributed by atoms with Crippen molar-refractivity contribution in [2.45, 2.75) is 25.8 Å². The molecule has 0 fully saturated rings. The second-order valence-corrected chi connectivity index (χ2v) is 5.03. The predicted octanol–water partition coefficient (Wildman–Crippen LogP) is 3.70. The van der Waals surface area contributed by atoms with Crippen molar-refractivity contribution in [3.05, 3.63) is 53.6 Å². The molecule has 1 atom stereocenters. The summed E-state index contributed by atoms with van der Waals surface area (Å²) in [6.07, 6.45) is 1.96. The normalized spacial score (nSPS) is 14.8. The summed E-state index contributed by atoms with van der Waals surface area (Å²) in [5, 5.41) is 0. The fourth-order valence-corrected chi connectivity index (χ4v) is 2.62. The van der Waals surface area contributed by atoms with E-state index < -0.39 is 0 Å². The van der Waals surface area contributed by atoms with Gasteiger partial charge in [0.2, 0.25) is 0 Å². The quantitative estimate of drug-likeness (QED) is 0.905. The number of fused-ring (bicyclic) bond motifs is 1. The van der Waals surface area contributed by atoms with E-state index in [1.165, 1.54) is 22.3 Å². The molecule has 2 aromatic rings. The van der Waals surface area contributed by atoms with Crippen molar-refractivity contribution < 1.29 is 4.74 Å². The highest BCUT2D eigenvalue weighted by Gasteiger charge is 2.17. The third kappa shape index (κ3) is 2.24. The number of nitrogens with two attached hydrogens (primary N) is 1. The molecule has 0 aromatic heterocycles. The van der Waals surface area contributed by atoms with Crippen LogP contribution in [0, 0.1) is 0 Å². The van der Waals surface area contributed by atoms with Gasteiger partial charge in [-0.15, -0.1) is 0 Å². The maximum absolute atomic E-state index is 6.12. The predicted molar refractivity (Wildman–Crippen MR) is 78.3 cm³/mol. The minimum atomic E-state index is 0.109. The van der Waals surface area contributed by atoms with E-state index in [1.54, 1.807) is 0 Å². The third-order valence-corrected chi connectivity index (χ3v) is 3.78. The van der Waals surface area contributed by atoms with Crippen molar-refractivity contribution in [1.82, 2.24) is 0 Å². The second kappa shape index (κ2) is 5.06. The molecule has 0 spiro atoms. The molecule has 0 saturated carbocycles. The van der Waals surface area contributed by atoms with E-state index in [0.29, 0.717) is 0 Å². The number of hydrogen-bond donors (Lipinski definition) is 1. The number of hydrogen-bond acceptors (Lipinski definition) is 2. The first-order valence-electron chi connectivity index (χ1n) is 6.90. The summed E-state index contributed by atoms with van der Waals surface area (Å²) in [6.45, 7) is 2.90. The van der Waals surface area contributed by atoms with Gasteiger partial charge >= 0.3 is 0 Å². The van der Waals surface area contributed by atoms with Gasteiger partial charge in [-0.25, -0.2) is 0 Å². The average molecular weight is 253 g/mol. The van der Waals surface area contributed by atoms with Gasteiger partial charge in [-0.2, -0.15) is 0 Å². The molecule has 0 saturated heterocycles. The van der Waals surface area contributed by atoms with Gasteiger partial charge in [0.15, 0.2) is 0 Å². The molecule has 0 radical (unpaired) electrons. The average Bonchev–Trinajstić information content (AvgIpc) is 2.94. The van der Waals surface area contributed by atoms with Crippen LogP contribution in [0.25, 0.3) is 11.1 Å². The number of ether oxygens (including phenoxy) is 1. The molecule has 3 rings (SSSR count). The molecule has 98 valence electrons. The fraction of sp³-hybridized carbons (Fsp3) is 0.294. The van der Waals surface area contributed by atoms with E-state index >= 15 is 0 Å². The molecular weight excluding hydrogens is 234 g/mol. The number of rotatable bonds is 3. The van der Waals surface area contributed by atoms with Crippen LogP contribution in [-0.2, 0) is 6.42 Å². The molecule has 0 amide bonds. The maximum atomic E-state index is 6.12. The maximum Gasteiger partial charge on any atom is 0.130 e. The Morgan fingerprint density at radius 3 is 2.89 bits per heavy atom. The molecule has 1 aliphatic heterocycles. The van der Waals surface area contributed by atoms with Crippen molar-refractivity contribution in [2.75, 3.05) is 6.61 Å². The lowest BCUT2D eigenvalue weighted by Crippen LogP contribution is -2.08. The zero-order valence-electron chi connectivity index (χ0n) is 11.2. The van der Waals surface area contributed by atoms with Crippen LogP contribution in [-0.4, -0.2) is 6.61 Å². The Labute approximate surface area is 114 Å². The first-order chi connectivity index (χ1) is 9.29. The zero-order valence-corrected chi connectivity index (χ0v) is 11.2. The summed E-state index contributed by atoms with van der Waals surface area (Å²) in [6, 6.07) is 15.0. The topological polar surface area (TPSA) is 35.2 Å². The number of para-hydroxylation sites is 1. The summed E-state index contributed by atoms with van der Waals surface area (Å²) in [5.74, 6) is 1.05. The minimum Gasteiger partial charge on any atom is -0.492 e. The van der Waals surface area contributed by atoms with Crippen LogP contribution in [0.3, 0.4) is 0 Å². The highest BCUT2D eigenvalue weighted by molar-refractivity contribution is 5.73. The SMILES string of the molecule is CCC(N)c1cccc(-c2cccc3c2OCC3)c1. The molecule has 0 bridgehead atoms. The van der Waals surface area contributed by atoms with E-state index in [2.05, 4.69) is 49.4 Å². The largest absolute Gasteiger partial charge is 0.492 e. The van der Waals surface area contributed by atoms with Crippen LogP contribution < -0.4 is 10.5 Å². The summed E-state index contributed by atoms with van der Waals surface area (Å²) in [4.78, 5) is 0. The Balaban J connectivity index is 2.05. The number of benzene rings is 2. The van der Waals surface area contributed by atoms with Gasteiger partial charge in [0.05, 0.1) is 6.61 Å². The van der Waals surface area contributed by atoms with Gasteiger partial charge in [0.25, 0.3) is 0 Å². The summed E-state index contributed by atoms with van der Waals surface area (Å²) < 4.78 is 5.78. The van der Waals surface area contributed by atoms with Crippen LogP contribution >= 0.6 is 0 Å². The van der Waals surface area contributed by atoms with Gasteiger partial charge in [-0.3, -0.25) is 0 Å². The van der Waals surface area contributed by atoms with E-state index in [0.717, 1.165) is 25.2 Å². The lowest BCUT2D eigenvalue weighted by Gasteiger charge is -2.13. The highest BCUT2D eigenvalue weighted by Crippen LogP contribution is 2.37. The molecule has 19 heavy (non-hydrogen) atoms. The first-order valence-corrected chi connectivity index (χ1v) is 6.90. The first kappa shape index (κ1) is 12.2. The van der Waals surface area contributed by atoms with E-state index in [1.807, 2.05) is 0 Å². The summed E-state index contributed by atoms with van der Waals surface area (Å²) in [5.41, 5.74) is 11.0. The van der Waals surface area contributed by atoms with Crippen molar-refractivity contribution in [3.8, 4) is 16.9 Å². The van der Waals surface area contributed by atoms with Crippen molar-refractivity contribution in [1.29, 1.82) is 0 Å². The molecule has 2 N–H and O–H groups in total. The second-order valence-electron chi connectivity index (χ2n) is 5.03. The van der Waals surface area contributed by atoms with Crippen LogP contribution in [0.1, 0.15) is 30.5 Å². The molecule has 1 unspecified atom stereocenters. The Morgan fingerprint density at radius 1 is 1.21 bits per heavy atom. The lowest BCUT2D eigenvalue weighted by molar-refractivity contribution is 0.358. The molecule has 1 heterocycles.